The van der Waals surface area contributed by atoms with Crippen LogP contribution in [-0.2, 0) is 4.79 Å². The summed E-state index contributed by atoms with van der Waals surface area (Å²) >= 11 is 1.46. The molecule has 3 aromatic rings. The first-order valence-electron chi connectivity index (χ1n) is 8.75. The normalized spacial score (nSPS) is 10.9. The van der Waals surface area contributed by atoms with Gasteiger partial charge in [0.05, 0.1) is 14.2 Å². The third-order valence-corrected chi connectivity index (χ3v) is 4.82. The number of anilines is 1. The molecule has 0 saturated carbocycles. The van der Waals surface area contributed by atoms with Crippen molar-refractivity contribution in [3.8, 4) is 11.5 Å². The van der Waals surface area contributed by atoms with Crippen LogP contribution >= 0.6 is 11.3 Å². The Hall–Kier alpha value is -3.58. The van der Waals surface area contributed by atoms with Crippen molar-refractivity contribution in [2.75, 3.05) is 19.5 Å². The Kier molecular flexibility index (Phi) is 6.65. The average molecular weight is 408 g/mol. The number of para-hydroxylation sites is 1. The summed E-state index contributed by atoms with van der Waals surface area (Å²) in [4.78, 5) is 26.4. The Morgan fingerprint density at radius 2 is 1.69 bits per heavy atom. The largest absolute Gasteiger partial charge is 0.493 e. The minimum Gasteiger partial charge on any atom is -0.493 e. The van der Waals surface area contributed by atoms with Crippen LogP contribution in [0.25, 0.3) is 6.08 Å². The monoisotopic (exact) mass is 408 g/mol. The average Bonchev–Trinajstić information content (AvgIpc) is 3.26. The van der Waals surface area contributed by atoms with Gasteiger partial charge in [0.1, 0.15) is 5.70 Å². The number of hydrogen-bond acceptors (Lipinski definition) is 5. The van der Waals surface area contributed by atoms with E-state index in [1.807, 2.05) is 35.7 Å². The molecule has 0 radical (unpaired) electrons. The van der Waals surface area contributed by atoms with E-state index in [-0.39, 0.29) is 5.70 Å². The number of carbonyl (C=O) groups is 2. The third kappa shape index (κ3) is 5.24. The molecule has 148 valence electrons. The SMILES string of the molecule is COc1ccc(C(=O)N/C(=C/c2cccs2)C(=O)Nc2ccccc2)cc1OC. The minimum atomic E-state index is -0.433. The molecule has 2 N–H and O–H groups in total. The van der Waals surface area contributed by atoms with E-state index in [1.165, 1.54) is 25.6 Å². The molecule has 3 rings (SSSR count). The summed E-state index contributed by atoms with van der Waals surface area (Å²) in [6, 6.07) is 17.6. The van der Waals surface area contributed by atoms with E-state index in [0.29, 0.717) is 22.7 Å². The maximum atomic E-state index is 12.8. The number of benzene rings is 2. The zero-order valence-corrected chi connectivity index (χ0v) is 16.8. The fourth-order valence-corrected chi connectivity index (χ4v) is 3.22. The van der Waals surface area contributed by atoms with Gasteiger partial charge in [0.15, 0.2) is 11.5 Å². The van der Waals surface area contributed by atoms with Gasteiger partial charge in [0, 0.05) is 16.1 Å². The van der Waals surface area contributed by atoms with Crippen molar-refractivity contribution in [1.82, 2.24) is 5.32 Å². The Labute approximate surface area is 172 Å². The lowest BCUT2D eigenvalue weighted by molar-refractivity contribution is -0.113. The van der Waals surface area contributed by atoms with E-state index in [1.54, 1.807) is 36.4 Å². The molecule has 2 amide bonds. The maximum absolute atomic E-state index is 12.8. The van der Waals surface area contributed by atoms with Crippen LogP contribution in [0.1, 0.15) is 15.2 Å². The van der Waals surface area contributed by atoms with E-state index in [0.717, 1.165) is 4.88 Å². The first kappa shape index (κ1) is 20.2. The molecule has 6 nitrogen and oxygen atoms in total. The second kappa shape index (κ2) is 9.57. The fraction of sp³-hybridized carbons (Fsp3) is 0.0909. The number of carbonyl (C=O) groups excluding carboxylic acids is 2. The highest BCUT2D eigenvalue weighted by Crippen LogP contribution is 2.27. The topological polar surface area (TPSA) is 76.7 Å². The molecule has 0 aliphatic rings. The van der Waals surface area contributed by atoms with Crippen LogP contribution < -0.4 is 20.1 Å². The van der Waals surface area contributed by atoms with E-state index in [4.69, 9.17) is 9.47 Å². The molecule has 0 spiro atoms. The number of ether oxygens (including phenoxy) is 2. The summed E-state index contributed by atoms with van der Waals surface area (Å²) in [5.41, 5.74) is 1.11. The molecular weight excluding hydrogens is 388 g/mol. The molecule has 0 atom stereocenters. The van der Waals surface area contributed by atoms with Gasteiger partial charge < -0.3 is 20.1 Å². The van der Waals surface area contributed by atoms with Crippen LogP contribution in [0.3, 0.4) is 0 Å². The first-order chi connectivity index (χ1) is 14.1. The van der Waals surface area contributed by atoms with Crippen molar-refractivity contribution in [3.63, 3.8) is 0 Å². The van der Waals surface area contributed by atoms with Gasteiger partial charge in [-0.05, 0) is 47.9 Å². The smallest absolute Gasteiger partial charge is 0.272 e. The van der Waals surface area contributed by atoms with Gasteiger partial charge in [0.2, 0.25) is 0 Å². The second-order valence-corrected chi connectivity index (χ2v) is 6.90. The minimum absolute atomic E-state index is 0.135. The fourth-order valence-electron chi connectivity index (χ4n) is 2.57. The Morgan fingerprint density at radius 3 is 2.34 bits per heavy atom. The number of methoxy groups -OCH3 is 2. The van der Waals surface area contributed by atoms with E-state index in [9.17, 15) is 9.59 Å². The first-order valence-corrected chi connectivity index (χ1v) is 9.63. The van der Waals surface area contributed by atoms with Crippen LogP contribution in [-0.4, -0.2) is 26.0 Å². The Balaban J connectivity index is 1.85. The number of rotatable bonds is 7. The van der Waals surface area contributed by atoms with Crippen molar-refractivity contribution < 1.29 is 19.1 Å². The molecule has 7 heteroatoms. The van der Waals surface area contributed by atoms with E-state index < -0.39 is 11.8 Å². The molecule has 0 unspecified atom stereocenters. The zero-order valence-electron chi connectivity index (χ0n) is 16.0. The van der Waals surface area contributed by atoms with Crippen LogP contribution in [0.15, 0.2) is 71.7 Å². The van der Waals surface area contributed by atoms with Gasteiger partial charge in [-0.3, -0.25) is 9.59 Å². The molecule has 2 aromatic carbocycles. The zero-order chi connectivity index (χ0) is 20.6. The van der Waals surface area contributed by atoms with E-state index in [2.05, 4.69) is 10.6 Å². The maximum Gasteiger partial charge on any atom is 0.272 e. The molecule has 0 saturated heterocycles. The van der Waals surface area contributed by atoms with Crippen LogP contribution in [0.4, 0.5) is 5.69 Å². The number of nitrogens with one attached hydrogen (secondary N) is 2. The van der Waals surface area contributed by atoms with Crippen molar-refractivity contribution >= 4 is 34.9 Å². The van der Waals surface area contributed by atoms with Gasteiger partial charge in [-0.15, -0.1) is 11.3 Å². The lowest BCUT2D eigenvalue weighted by atomic mass is 10.1. The number of hydrogen-bond donors (Lipinski definition) is 2. The summed E-state index contributed by atoms with van der Waals surface area (Å²) in [6.45, 7) is 0. The van der Waals surface area contributed by atoms with Crippen molar-refractivity contribution in [1.29, 1.82) is 0 Å². The molecule has 1 aromatic heterocycles. The summed E-state index contributed by atoms with van der Waals surface area (Å²) in [7, 11) is 3.02. The van der Waals surface area contributed by atoms with Crippen LogP contribution in [0.2, 0.25) is 0 Å². The van der Waals surface area contributed by atoms with Crippen molar-refractivity contribution in [2.45, 2.75) is 0 Å². The highest BCUT2D eigenvalue weighted by atomic mass is 32.1. The van der Waals surface area contributed by atoms with Crippen molar-refractivity contribution in [3.05, 3.63) is 82.2 Å². The van der Waals surface area contributed by atoms with Crippen molar-refractivity contribution in [2.24, 2.45) is 0 Å². The van der Waals surface area contributed by atoms with E-state index >= 15 is 0 Å². The Bertz CT molecular complexity index is 1010. The highest BCUT2D eigenvalue weighted by Gasteiger charge is 2.17. The van der Waals surface area contributed by atoms with Gasteiger partial charge in [-0.25, -0.2) is 0 Å². The lowest BCUT2D eigenvalue weighted by Gasteiger charge is -2.12. The standard InChI is InChI=1S/C22H20N2O4S/c1-27-19-11-10-15(13-20(19)28-2)21(25)24-18(14-17-9-6-12-29-17)22(26)23-16-7-4-3-5-8-16/h3-14H,1-2H3,(H,23,26)(H,24,25)/b18-14+. The van der Waals surface area contributed by atoms with Gasteiger partial charge >= 0.3 is 0 Å². The molecule has 0 fully saturated rings. The molecule has 0 aliphatic carbocycles. The number of thiophene rings is 1. The molecule has 0 aliphatic heterocycles. The highest BCUT2D eigenvalue weighted by molar-refractivity contribution is 7.10. The predicted molar refractivity (Wildman–Crippen MR) is 114 cm³/mol. The second-order valence-electron chi connectivity index (χ2n) is 5.92. The summed E-state index contributed by atoms with van der Waals surface area (Å²) in [5, 5.41) is 7.39. The van der Waals surface area contributed by atoms with Gasteiger partial charge in [-0.2, -0.15) is 0 Å². The van der Waals surface area contributed by atoms with Gasteiger partial charge in [-0.1, -0.05) is 24.3 Å². The summed E-state index contributed by atoms with van der Waals surface area (Å²) < 4.78 is 10.4. The predicted octanol–water partition coefficient (Wildman–Crippen LogP) is 4.17. The Morgan fingerprint density at radius 1 is 0.931 bits per heavy atom. The molecule has 29 heavy (non-hydrogen) atoms. The molecular formula is C22H20N2O4S. The number of amides is 2. The third-order valence-electron chi connectivity index (χ3n) is 4.00. The summed E-state index contributed by atoms with van der Waals surface area (Å²) in [6.07, 6.45) is 1.64. The van der Waals surface area contributed by atoms with Crippen LogP contribution in [0, 0.1) is 0 Å². The molecule has 0 bridgehead atoms. The quantitative estimate of drug-likeness (QED) is 0.575. The van der Waals surface area contributed by atoms with Crippen LogP contribution in [0.5, 0.6) is 11.5 Å². The summed E-state index contributed by atoms with van der Waals surface area (Å²) in [5.74, 6) is 0.0910. The molecule has 1 heterocycles. The lowest BCUT2D eigenvalue weighted by Crippen LogP contribution is -2.30. The van der Waals surface area contributed by atoms with Gasteiger partial charge in [0.25, 0.3) is 11.8 Å².